The molecular weight excluding hydrogens is 872 g/mol. The van der Waals surface area contributed by atoms with Crippen molar-refractivity contribution in [1.29, 1.82) is 0 Å². The molecule has 0 radical (unpaired) electrons. The number of hydrogen-bond acceptors (Lipinski definition) is 20. The molecule has 20 heteroatoms. The number of ether oxygens (including phenoxy) is 9. The van der Waals surface area contributed by atoms with Gasteiger partial charge in [0.15, 0.2) is 36.7 Å². The van der Waals surface area contributed by atoms with Crippen LogP contribution in [0.25, 0.3) is 10.8 Å². The van der Waals surface area contributed by atoms with E-state index >= 15 is 0 Å². The van der Waals surface area contributed by atoms with Gasteiger partial charge in [0, 0.05) is 44.3 Å². The molecule has 2 aromatic carbocycles. The predicted molar refractivity (Wildman–Crippen MR) is 227 cm³/mol. The molecular formula is C46H66O20. The van der Waals surface area contributed by atoms with E-state index in [2.05, 4.69) is 0 Å². The fourth-order valence-corrected chi connectivity index (χ4v) is 9.84. The second-order valence-electron chi connectivity index (χ2n) is 18.9. The van der Waals surface area contributed by atoms with Gasteiger partial charge in [0.05, 0.1) is 65.4 Å². The number of phenols is 2. The lowest BCUT2D eigenvalue weighted by Crippen LogP contribution is -2.58. The molecule has 2 aromatic rings. The number of fused-ring (bicyclic) bond motifs is 2. The number of hydrogen-bond donors (Lipinski definition) is 9. The summed E-state index contributed by atoms with van der Waals surface area (Å²) >= 11 is 0. The first-order valence-electron chi connectivity index (χ1n) is 22.7. The average molecular weight is 939 g/mol. The van der Waals surface area contributed by atoms with Crippen molar-refractivity contribution in [3.8, 4) is 17.2 Å². The lowest BCUT2D eigenvalue weighted by atomic mass is 9.75. The number of carbonyl (C=O) groups excluding carboxylic acids is 2. The summed E-state index contributed by atoms with van der Waals surface area (Å²) in [5, 5.41) is 98.2. The quantitative estimate of drug-likeness (QED) is 0.135. The molecule has 0 bridgehead atoms. The van der Waals surface area contributed by atoms with Crippen LogP contribution in [0.1, 0.15) is 95.1 Å². The number of benzene rings is 2. The van der Waals surface area contributed by atoms with E-state index in [9.17, 15) is 55.5 Å². The molecule has 4 aliphatic heterocycles. The summed E-state index contributed by atoms with van der Waals surface area (Å²) in [6.07, 6.45) is -19.5. The van der Waals surface area contributed by atoms with E-state index in [4.69, 9.17) is 42.6 Å². The Labute approximate surface area is 382 Å². The molecule has 4 saturated heterocycles. The number of Topliss-reactive ketones (excluding diaryl/α,β-unsaturated/α-hetero) is 2. The van der Waals surface area contributed by atoms with E-state index in [1.54, 1.807) is 46.8 Å². The maximum atomic E-state index is 14.8. The van der Waals surface area contributed by atoms with Gasteiger partial charge in [0.25, 0.3) is 0 Å². The second kappa shape index (κ2) is 20.1. The number of carbonyl (C=O) groups is 2. The number of methoxy groups -OCH3 is 1. The Bertz CT molecular complexity index is 2060. The molecule has 0 amide bonds. The standard InChI is InChI=1S/C46H66O20/c1-17-27(63-30-10-9-26(48)19(3)59-30)13-24-11-23-12-25(43(58-8)42(55)37(50)18(2)47)44(41(54)35(23)40(53)34(24)36(17)49)66-32-15-28(38(51)21(5)61-32)64-31-14-29(39(52)20(4)60-31)65-33-16-46(7,57)45(56)22(6)62-33/h11,13,18-22,25-26,28-33,37-39,43-45,47-53,56-57H,9-10,12,14-16H2,1-8H3/t18-,19?,20?,21?,22?,25+,26+,28-,29-,30+,31+,32+,33+,37+,38-,39-,43+,44+,45-,46+/m1/s1. The number of phenolic OH excluding ortho intramolecular Hbond substituents is 2. The molecule has 0 saturated carbocycles. The molecule has 20 atom stereocenters. The van der Waals surface area contributed by atoms with Gasteiger partial charge in [0.1, 0.15) is 53.9 Å². The van der Waals surface area contributed by atoms with Crippen molar-refractivity contribution >= 4 is 22.3 Å². The summed E-state index contributed by atoms with van der Waals surface area (Å²) in [4.78, 5) is 28.6. The minimum absolute atomic E-state index is 0.0392. The summed E-state index contributed by atoms with van der Waals surface area (Å²) in [5.41, 5.74) is -1.23. The largest absolute Gasteiger partial charge is 0.507 e. The maximum Gasteiger partial charge on any atom is 0.200 e. The summed E-state index contributed by atoms with van der Waals surface area (Å²) in [6, 6.07) is 3.15. The molecule has 4 heterocycles. The second-order valence-corrected chi connectivity index (χ2v) is 18.9. The lowest BCUT2D eigenvalue weighted by Gasteiger charge is -2.46. The normalized spacial score (nSPS) is 40.1. The molecule has 9 N–H and O–H groups in total. The first-order chi connectivity index (χ1) is 31.0. The number of aliphatic hydroxyl groups excluding tert-OH is 6. The molecule has 1 aliphatic carbocycles. The van der Waals surface area contributed by atoms with Gasteiger partial charge in [-0.2, -0.15) is 0 Å². The first-order valence-corrected chi connectivity index (χ1v) is 22.7. The van der Waals surface area contributed by atoms with Crippen LogP contribution in [0, 0.1) is 12.8 Å². The summed E-state index contributed by atoms with van der Waals surface area (Å²) < 4.78 is 54.2. The summed E-state index contributed by atoms with van der Waals surface area (Å²) in [7, 11) is 1.20. The molecule has 4 fully saturated rings. The van der Waals surface area contributed by atoms with Crippen molar-refractivity contribution in [1.82, 2.24) is 0 Å². The van der Waals surface area contributed by atoms with Crippen molar-refractivity contribution in [2.45, 2.75) is 203 Å². The van der Waals surface area contributed by atoms with Crippen LogP contribution in [0.3, 0.4) is 0 Å². The topological polar surface area (TPSA) is 299 Å². The van der Waals surface area contributed by atoms with Crippen molar-refractivity contribution in [2.24, 2.45) is 5.92 Å². The Balaban J connectivity index is 1.15. The van der Waals surface area contributed by atoms with Gasteiger partial charge in [-0.05, 0) is 84.4 Å². The van der Waals surface area contributed by atoms with Gasteiger partial charge < -0.3 is 88.6 Å². The Morgan fingerprint density at radius 3 is 1.95 bits per heavy atom. The third kappa shape index (κ3) is 10.1. The van der Waals surface area contributed by atoms with Crippen LogP contribution in [-0.4, -0.2) is 181 Å². The van der Waals surface area contributed by atoms with E-state index in [1.807, 2.05) is 0 Å². The SMILES string of the molecule is CO[C@H](C(=O)[C@@H](O)[C@@H](C)O)[C@@H]1Cc2cc3cc(O[C@H]4CC[C@H](O)C(C)O4)c(C)c(O)c3c(O)c2C(=O)[C@H]1O[C@H]1C[C@@H](O[C@H]2C[C@@H](O[C@H]3C[C@](C)(O)[C@H](O)C(C)O3)[C@H](O)C(C)O2)[C@H](O)C(C)O1. The zero-order chi connectivity index (χ0) is 48.3. The summed E-state index contributed by atoms with van der Waals surface area (Å²) in [6.45, 7) is 10.7. The van der Waals surface area contributed by atoms with Crippen molar-refractivity contribution in [3.63, 3.8) is 0 Å². The monoisotopic (exact) mass is 938 g/mol. The Morgan fingerprint density at radius 2 is 1.38 bits per heavy atom. The highest BCUT2D eigenvalue weighted by atomic mass is 16.7. The molecule has 7 rings (SSSR count). The van der Waals surface area contributed by atoms with Crippen molar-refractivity contribution in [2.75, 3.05) is 7.11 Å². The van der Waals surface area contributed by atoms with Gasteiger partial charge in [-0.3, -0.25) is 9.59 Å². The Hall–Kier alpha value is -3.16. The van der Waals surface area contributed by atoms with Crippen molar-refractivity contribution in [3.05, 3.63) is 28.8 Å². The first kappa shape index (κ1) is 50.7. The summed E-state index contributed by atoms with van der Waals surface area (Å²) in [5.74, 6) is -3.64. The third-order valence-corrected chi connectivity index (χ3v) is 13.8. The van der Waals surface area contributed by atoms with Gasteiger partial charge in [-0.15, -0.1) is 0 Å². The molecule has 66 heavy (non-hydrogen) atoms. The van der Waals surface area contributed by atoms with E-state index in [0.29, 0.717) is 12.8 Å². The number of rotatable bonds is 13. The van der Waals surface area contributed by atoms with Gasteiger partial charge in [0.2, 0.25) is 0 Å². The van der Waals surface area contributed by atoms with Crippen LogP contribution >= 0.6 is 0 Å². The minimum atomic E-state index is -1.90. The minimum Gasteiger partial charge on any atom is -0.507 e. The number of aliphatic hydroxyl groups is 7. The van der Waals surface area contributed by atoms with Crippen LogP contribution < -0.4 is 4.74 Å². The fourth-order valence-electron chi connectivity index (χ4n) is 9.84. The maximum absolute atomic E-state index is 14.8. The molecule has 5 aliphatic rings. The zero-order valence-corrected chi connectivity index (χ0v) is 38.4. The van der Waals surface area contributed by atoms with Crippen molar-refractivity contribution < 1.29 is 98.2 Å². The highest BCUT2D eigenvalue weighted by Crippen LogP contribution is 2.47. The highest BCUT2D eigenvalue weighted by molar-refractivity contribution is 6.11. The highest BCUT2D eigenvalue weighted by Gasteiger charge is 2.51. The van der Waals surface area contributed by atoms with E-state index in [1.165, 1.54) is 21.0 Å². The van der Waals surface area contributed by atoms with E-state index in [-0.39, 0.29) is 64.6 Å². The van der Waals surface area contributed by atoms with Gasteiger partial charge in [-0.25, -0.2) is 0 Å². The molecule has 4 unspecified atom stereocenters. The van der Waals surface area contributed by atoms with E-state index < -0.39 is 139 Å². The fraction of sp³-hybridized carbons (Fsp3) is 0.739. The average Bonchev–Trinajstić information content (AvgIpc) is 3.24. The van der Waals surface area contributed by atoms with E-state index in [0.717, 1.165) is 0 Å². The molecule has 370 valence electrons. The predicted octanol–water partition coefficient (Wildman–Crippen LogP) is 0.899. The third-order valence-electron chi connectivity index (χ3n) is 13.8. The van der Waals surface area contributed by atoms with Crippen LogP contribution in [0.2, 0.25) is 0 Å². The van der Waals surface area contributed by atoms with Crippen LogP contribution in [0.15, 0.2) is 12.1 Å². The molecule has 0 spiro atoms. The Morgan fingerprint density at radius 1 is 0.803 bits per heavy atom. The van der Waals surface area contributed by atoms with Crippen LogP contribution in [-0.2, 0) is 49.1 Å². The van der Waals surface area contributed by atoms with Gasteiger partial charge in [-0.1, -0.05) is 0 Å². The van der Waals surface area contributed by atoms with Crippen LogP contribution in [0.4, 0.5) is 0 Å². The number of aromatic hydroxyl groups is 2. The molecule has 0 aromatic heterocycles. The smallest absolute Gasteiger partial charge is 0.200 e. The molecule has 20 nitrogen and oxygen atoms in total. The zero-order valence-electron chi connectivity index (χ0n) is 38.4. The number of ketones is 2. The Kier molecular flexibility index (Phi) is 15.4. The van der Waals surface area contributed by atoms with Crippen LogP contribution in [0.5, 0.6) is 17.2 Å². The lowest BCUT2D eigenvalue weighted by molar-refractivity contribution is -0.334. The van der Waals surface area contributed by atoms with Gasteiger partial charge >= 0.3 is 0 Å².